The van der Waals surface area contributed by atoms with Gasteiger partial charge in [0, 0.05) is 43.5 Å². The molecule has 2 amide bonds. The highest BCUT2D eigenvalue weighted by Gasteiger charge is 2.37. The first-order valence-electron chi connectivity index (χ1n) is 9.52. The molecule has 4 rings (SSSR count). The lowest BCUT2D eigenvalue weighted by Gasteiger charge is -2.33. The maximum Gasteiger partial charge on any atom is 0.254 e. The lowest BCUT2D eigenvalue weighted by atomic mass is 9.84. The SMILES string of the molecule is Cc1nc(C2CN(C(=O)C3CCC3)CCCN2C(=O)c2ccncc2)n[nH]1. The number of aromatic amines is 1. The molecule has 3 heterocycles. The van der Waals surface area contributed by atoms with E-state index < -0.39 is 0 Å². The van der Waals surface area contributed by atoms with E-state index in [1.54, 1.807) is 29.4 Å². The van der Waals surface area contributed by atoms with Crippen molar-refractivity contribution in [1.82, 2.24) is 30.0 Å². The van der Waals surface area contributed by atoms with Gasteiger partial charge in [0.2, 0.25) is 5.91 Å². The lowest BCUT2D eigenvalue weighted by Crippen LogP contribution is -2.43. The number of carbonyl (C=O) groups excluding carboxylic acids is 2. The third kappa shape index (κ3) is 3.56. The molecule has 1 saturated carbocycles. The predicted molar refractivity (Wildman–Crippen MR) is 97.7 cm³/mol. The van der Waals surface area contributed by atoms with Gasteiger partial charge in [0.1, 0.15) is 11.9 Å². The first-order chi connectivity index (χ1) is 13.1. The Kier molecular flexibility index (Phi) is 4.87. The van der Waals surface area contributed by atoms with Gasteiger partial charge in [0.15, 0.2) is 5.82 Å². The summed E-state index contributed by atoms with van der Waals surface area (Å²) < 4.78 is 0. The molecule has 8 nitrogen and oxygen atoms in total. The Labute approximate surface area is 158 Å². The first kappa shape index (κ1) is 17.6. The van der Waals surface area contributed by atoms with Gasteiger partial charge in [-0.3, -0.25) is 19.7 Å². The van der Waals surface area contributed by atoms with E-state index >= 15 is 0 Å². The molecule has 1 N–H and O–H groups in total. The standard InChI is InChI=1S/C19H24N6O2/c1-13-21-17(23-22-13)16-12-24(18(26)14-4-2-5-14)10-3-11-25(16)19(27)15-6-8-20-9-7-15/h6-9,14,16H,2-5,10-12H2,1H3,(H,21,22,23). The van der Waals surface area contributed by atoms with Crippen LogP contribution in [-0.4, -0.2) is 61.4 Å². The van der Waals surface area contributed by atoms with E-state index in [4.69, 9.17) is 0 Å². The van der Waals surface area contributed by atoms with Crippen molar-refractivity contribution in [3.63, 3.8) is 0 Å². The van der Waals surface area contributed by atoms with E-state index in [0.29, 0.717) is 36.8 Å². The van der Waals surface area contributed by atoms with Crippen LogP contribution in [-0.2, 0) is 4.79 Å². The molecule has 0 radical (unpaired) electrons. The topological polar surface area (TPSA) is 95.1 Å². The van der Waals surface area contributed by atoms with E-state index in [0.717, 1.165) is 25.7 Å². The molecule has 1 atom stereocenters. The van der Waals surface area contributed by atoms with Crippen LogP contribution in [0.4, 0.5) is 0 Å². The summed E-state index contributed by atoms with van der Waals surface area (Å²) in [6.45, 7) is 3.49. The Morgan fingerprint density at radius 2 is 1.93 bits per heavy atom. The summed E-state index contributed by atoms with van der Waals surface area (Å²) in [5.41, 5.74) is 0.584. The molecule has 0 aromatic carbocycles. The molecule has 1 aliphatic heterocycles. The fraction of sp³-hybridized carbons (Fsp3) is 0.526. The van der Waals surface area contributed by atoms with Crippen molar-refractivity contribution in [3.8, 4) is 0 Å². The van der Waals surface area contributed by atoms with Crippen LogP contribution in [0.2, 0.25) is 0 Å². The summed E-state index contributed by atoms with van der Waals surface area (Å²) in [5.74, 6) is 1.52. The number of nitrogens with one attached hydrogen (secondary N) is 1. The second-order valence-corrected chi connectivity index (χ2v) is 7.29. The predicted octanol–water partition coefficient (Wildman–Crippen LogP) is 1.72. The zero-order valence-electron chi connectivity index (χ0n) is 15.5. The van der Waals surface area contributed by atoms with Gasteiger partial charge in [0.05, 0.1) is 0 Å². The van der Waals surface area contributed by atoms with Crippen LogP contribution in [0, 0.1) is 12.8 Å². The van der Waals surface area contributed by atoms with E-state index in [9.17, 15) is 9.59 Å². The zero-order chi connectivity index (χ0) is 18.8. The monoisotopic (exact) mass is 368 g/mol. The Morgan fingerprint density at radius 1 is 1.15 bits per heavy atom. The van der Waals surface area contributed by atoms with Crippen LogP contribution in [0.3, 0.4) is 0 Å². The van der Waals surface area contributed by atoms with Crippen molar-refractivity contribution in [2.45, 2.75) is 38.6 Å². The highest BCUT2D eigenvalue weighted by Crippen LogP contribution is 2.31. The summed E-state index contributed by atoms with van der Waals surface area (Å²) in [4.78, 5) is 38.1. The highest BCUT2D eigenvalue weighted by atomic mass is 16.2. The Balaban J connectivity index is 1.63. The molecule has 2 aliphatic rings. The van der Waals surface area contributed by atoms with Gasteiger partial charge in [-0.25, -0.2) is 4.98 Å². The summed E-state index contributed by atoms with van der Waals surface area (Å²) in [6.07, 6.45) is 7.04. The fourth-order valence-electron chi connectivity index (χ4n) is 3.73. The smallest absolute Gasteiger partial charge is 0.254 e. The summed E-state index contributed by atoms with van der Waals surface area (Å²) >= 11 is 0. The minimum atomic E-state index is -0.359. The maximum absolute atomic E-state index is 13.1. The van der Waals surface area contributed by atoms with Gasteiger partial charge in [0.25, 0.3) is 5.91 Å². The van der Waals surface area contributed by atoms with Gasteiger partial charge >= 0.3 is 0 Å². The van der Waals surface area contributed by atoms with E-state index in [-0.39, 0.29) is 23.8 Å². The van der Waals surface area contributed by atoms with Gasteiger partial charge in [-0.05, 0) is 38.3 Å². The number of nitrogens with zero attached hydrogens (tertiary/aromatic N) is 5. The van der Waals surface area contributed by atoms with Crippen LogP contribution in [0.25, 0.3) is 0 Å². The lowest BCUT2D eigenvalue weighted by molar-refractivity contribution is -0.138. The third-order valence-corrected chi connectivity index (χ3v) is 5.46. The summed E-state index contributed by atoms with van der Waals surface area (Å²) in [6, 6.07) is 3.07. The average molecular weight is 368 g/mol. The van der Waals surface area contributed by atoms with Gasteiger partial charge in [-0.15, -0.1) is 0 Å². The molecule has 0 bridgehead atoms. The van der Waals surface area contributed by atoms with Crippen molar-refractivity contribution in [3.05, 3.63) is 41.7 Å². The van der Waals surface area contributed by atoms with Crippen LogP contribution in [0.1, 0.15) is 53.7 Å². The van der Waals surface area contributed by atoms with Crippen molar-refractivity contribution in [2.24, 2.45) is 5.92 Å². The largest absolute Gasteiger partial charge is 0.340 e. The number of carbonyl (C=O) groups is 2. The molecule has 2 fully saturated rings. The molecule has 2 aromatic heterocycles. The molecule has 0 spiro atoms. The molecule has 2 aromatic rings. The summed E-state index contributed by atoms with van der Waals surface area (Å²) in [7, 11) is 0. The molecule has 1 unspecified atom stereocenters. The van der Waals surface area contributed by atoms with Crippen molar-refractivity contribution in [1.29, 1.82) is 0 Å². The van der Waals surface area contributed by atoms with Crippen LogP contribution in [0.5, 0.6) is 0 Å². The number of aryl methyl sites for hydroxylation is 1. The molecule has 1 saturated heterocycles. The number of aromatic nitrogens is 4. The second kappa shape index (κ2) is 7.46. The third-order valence-electron chi connectivity index (χ3n) is 5.46. The Bertz CT molecular complexity index is 817. The van der Waals surface area contributed by atoms with Crippen LogP contribution >= 0.6 is 0 Å². The highest BCUT2D eigenvalue weighted by molar-refractivity contribution is 5.94. The number of hydrogen-bond donors (Lipinski definition) is 1. The van der Waals surface area contributed by atoms with Gasteiger partial charge in [-0.1, -0.05) is 6.42 Å². The molecule has 8 heteroatoms. The van der Waals surface area contributed by atoms with E-state index in [1.807, 2.05) is 11.8 Å². The van der Waals surface area contributed by atoms with Crippen molar-refractivity contribution < 1.29 is 9.59 Å². The first-order valence-corrected chi connectivity index (χ1v) is 9.52. The minimum absolute atomic E-state index is 0.0807. The fourth-order valence-corrected chi connectivity index (χ4v) is 3.73. The molecular weight excluding hydrogens is 344 g/mol. The molecular formula is C19H24N6O2. The normalized spacial score (nSPS) is 20.9. The van der Waals surface area contributed by atoms with Gasteiger partial charge < -0.3 is 9.80 Å². The zero-order valence-corrected chi connectivity index (χ0v) is 15.5. The van der Waals surface area contributed by atoms with Crippen LogP contribution < -0.4 is 0 Å². The van der Waals surface area contributed by atoms with E-state index in [1.165, 1.54) is 0 Å². The molecule has 142 valence electrons. The number of H-pyrrole nitrogens is 1. The van der Waals surface area contributed by atoms with Crippen molar-refractivity contribution >= 4 is 11.8 Å². The molecule has 27 heavy (non-hydrogen) atoms. The quantitative estimate of drug-likeness (QED) is 0.890. The second-order valence-electron chi connectivity index (χ2n) is 7.29. The van der Waals surface area contributed by atoms with Crippen molar-refractivity contribution in [2.75, 3.05) is 19.6 Å². The van der Waals surface area contributed by atoms with Crippen LogP contribution in [0.15, 0.2) is 24.5 Å². The summed E-state index contributed by atoms with van der Waals surface area (Å²) in [5, 5.41) is 7.16. The molecule has 1 aliphatic carbocycles. The number of pyridine rings is 1. The Morgan fingerprint density at radius 3 is 2.56 bits per heavy atom. The maximum atomic E-state index is 13.1. The van der Waals surface area contributed by atoms with E-state index in [2.05, 4.69) is 20.2 Å². The van der Waals surface area contributed by atoms with Gasteiger partial charge in [-0.2, -0.15) is 5.10 Å². The minimum Gasteiger partial charge on any atom is -0.340 e. The number of amides is 2. The average Bonchev–Trinajstić information content (AvgIpc) is 2.94. The Hall–Kier alpha value is -2.77. The number of hydrogen-bond acceptors (Lipinski definition) is 5. The number of rotatable bonds is 3.